The number of nitrogens with zero attached hydrogens (tertiary/aromatic N) is 3. The second-order valence-corrected chi connectivity index (χ2v) is 2.73. The van der Waals surface area contributed by atoms with Crippen molar-refractivity contribution in [2.45, 2.75) is 12.6 Å². The minimum absolute atomic E-state index is 0.0430. The first-order valence-corrected chi connectivity index (χ1v) is 3.73. The van der Waals surface area contributed by atoms with Crippen molar-refractivity contribution in [3.63, 3.8) is 0 Å². The van der Waals surface area contributed by atoms with Crippen LogP contribution >= 0.6 is 0 Å². The van der Waals surface area contributed by atoms with Gasteiger partial charge in [0.2, 0.25) is 0 Å². The number of rotatable bonds is 1. The van der Waals surface area contributed by atoms with Crippen molar-refractivity contribution in [1.29, 1.82) is 0 Å². The van der Waals surface area contributed by atoms with E-state index in [1.165, 1.54) is 0 Å². The first-order valence-electron chi connectivity index (χ1n) is 3.73. The lowest BCUT2D eigenvalue weighted by molar-refractivity contribution is -0.157. The molecule has 0 aromatic carbocycles. The van der Waals surface area contributed by atoms with Crippen LogP contribution in [0.1, 0.15) is 12.3 Å². The van der Waals surface area contributed by atoms with Crippen LogP contribution < -0.4 is 4.90 Å². The topological polar surface area (TPSA) is 42.2 Å². The third-order valence-electron chi connectivity index (χ3n) is 1.78. The molecule has 0 unspecified atom stereocenters. The summed E-state index contributed by atoms with van der Waals surface area (Å²) in [7, 11) is 0. The summed E-state index contributed by atoms with van der Waals surface area (Å²) >= 11 is 0. The lowest BCUT2D eigenvalue weighted by atomic mass is 10.2. The van der Waals surface area contributed by atoms with Gasteiger partial charge in [-0.05, 0) is 6.42 Å². The van der Waals surface area contributed by atoms with Gasteiger partial charge in [0, 0.05) is 13.1 Å². The summed E-state index contributed by atoms with van der Waals surface area (Å²) in [6, 6.07) is -0.0430. The van der Waals surface area contributed by atoms with E-state index in [9.17, 15) is 13.2 Å². The van der Waals surface area contributed by atoms with Gasteiger partial charge >= 0.3 is 18.1 Å². The van der Waals surface area contributed by atoms with Crippen molar-refractivity contribution in [2.75, 3.05) is 18.0 Å². The molecule has 2 rings (SSSR count). The van der Waals surface area contributed by atoms with E-state index in [2.05, 4.69) is 14.6 Å². The fourth-order valence-corrected chi connectivity index (χ4v) is 0.965. The summed E-state index contributed by atoms with van der Waals surface area (Å²) < 4.78 is 40.3. The highest BCUT2D eigenvalue weighted by Gasteiger charge is 2.39. The predicted octanol–water partition coefficient (Wildman–Crippen LogP) is 1.30. The molecule has 0 bridgehead atoms. The van der Waals surface area contributed by atoms with Crippen LogP contribution in [0, 0.1) is 0 Å². The van der Waals surface area contributed by atoms with Gasteiger partial charge in [0.1, 0.15) is 0 Å². The van der Waals surface area contributed by atoms with E-state index in [0.717, 1.165) is 6.42 Å². The minimum Gasteiger partial charge on any atom is -0.399 e. The monoisotopic (exact) mass is 193 g/mol. The maximum atomic E-state index is 12.0. The Morgan fingerprint density at radius 3 is 2.31 bits per heavy atom. The van der Waals surface area contributed by atoms with Crippen LogP contribution in [-0.2, 0) is 6.18 Å². The zero-order chi connectivity index (χ0) is 9.47. The molecule has 1 aromatic heterocycles. The average Bonchev–Trinajstić information content (AvgIpc) is 2.29. The normalized spacial score (nSPS) is 17.3. The Hall–Kier alpha value is -1.27. The molecule has 4 nitrogen and oxygen atoms in total. The maximum absolute atomic E-state index is 12.0. The molecule has 72 valence electrons. The molecule has 2 heterocycles. The van der Waals surface area contributed by atoms with Crippen LogP contribution in [0.3, 0.4) is 0 Å². The van der Waals surface area contributed by atoms with Crippen molar-refractivity contribution >= 4 is 6.01 Å². The van der Waals surface area contributed by atoms with Gasteiger partial charge in [-0.1, -0.05) is 5.10 Å². The van der Waals surface area contributed by atoms with Crippen LogP contribution in [0.4, 0.5) is 19.2 Å². The minimum atomic E-state index is -4.55. The van der Waals surface area contributed by atoms with E-state index in [1.807, 2.05) is 0 Å². The average molecular weight is 193 g/mol. The van der Waals surface area contributed by atoms with Crippen LogP contribution in [0.15, 0.2) is 4.42 Å². The van der Waals surface area contributed by atoms with Crippen molar-refractivity contribution in [2.24, 2.45) is 0 Å². The molecule has 0 radical (unpaired) electrons. The molecule has 7 heteroatoms. The van der Waals surface area contributed by atoms with Gasteiger partial charge in [-0.3, -0.25) is 0 Å². The molecule has 1 aliphatic heterocycles. The summed E-state index contributed by atoms with van der Waals surface area (Å²) in [5, 5.41) is 6.20. The van der Waals surface area contributed by atoms with Crippen molar-refractivity contribution in [1.82, 2.24) is 10.2 Å². The molecule has 0 saturated carbocycles. The highest BCUT2D eigenvalue weighted by Crippen LogP contribution is 2.30. The standard InChI is InChI=1S/C6H6F3N3O/c7-6(8,9)4-10-11-5(13-4)12-2-1-3-12/h1-3H2. The van der Waals surface area contributed by atoms with Crippen LogP contribution in [-0.4, -0.2) is 23.3 Å². The molecule has 0 atom stereocenters. The molecule has 1 saturated heterocycles. The van der Waals surface area contributed by atoms with E-state index in [-0.39, 0.29) is 6.01 Å². The van der Waals surface area contributed by atoms with Gasteiger partial charge in [-0.2, -0.15) is 13.2 Å². The largest absolute Gasteiger partial charge is 0.470 e. The first kappa shape index (κ1) is 8.33. The molecule has 0 N–H and O–H groups in total. The Morgan fingerprint density at radius 1 is 1.23 bits per heavy atom. The van der Waals surface area contributed by atoms with Gasteiger partial charge in [0.05, 0.1) is 0 Å². The molecule has 1 aromatic rings. The van der Waals surface area contributed by atoms with Gasteiger partial charge in [0.25, 0.3) is 0 Å². The summed E-state index contributed by atoms with van der Waals surface area (Å²) in [4.78, 5) is 1.60. The van der Waals surface area contributed by atoms with Crippen LogP contribution in [0.5, 0.6) is 0 Å². The quantitative estimate of drug-likeness (QED) is 0.674. The molecular formula is C6H6F3N3O. The summed E-state index contributed by atoms with van der Waals surface area (Å²) in [6.45, 7) is 1.36. The van der Waals surface area contributed by atoms with E-state index >= 15 is 0 Å². The first-order chi connectivity index (χ1) is 6.07. The molecule has 0 amide bonds. The smallest absolute Gasteiger partial charge is 0.399 e. The second-order valence-electron chi connectivity index (χ2n) is 2.73. The number of aromatic nitrogens is 2. The van der Waals surface area contributed by atoms with Crippen LogP contribution in [0.25, 0.3) is 0 Å². The highest BCUT2D eigenvalue weighted by atomic mass is 19.4. The second kappa shape index (κ2) is 2.61. The van der Waals surface area contributed by atoms with Gasteiger partial charge < -0.3 is 9.32 Å². The number of hydrogen-bond acceptors (Lipinski definition) is 4. The number of anilines is 1. The van der Waals surface area contributed by atoms with Crippen molar-refractivity contribution in [3.8, 4) is 0 Å². The predicted molar refractivity (Wildman–Crippen MR) is 36.1 cm³/mol. The molecule has 1 fully saturated rings. The molecule has 0 spiro atoms. The third kappa shape index (κ3) is 1.45. The number of halogens is 3. The Labute approximate surface area is 71.3 Å². The number of alkyl halides is 3. The summed E-state index contributed by atoms with van der Waals surface area (Å²) in [5.41, 5.74) is 0. The lowest BCUT2D eigenvalue weighted by Crippen LogP contribution is -2.37. The van der Waals surface area contributed by atoms with E-state index in [0.29, 0.717) is 13.1 Å². The third-order valence-corrected chi connectivity index (χ3v) is 1.78. The molecule has 13 heavy (non-hydrogen) atoms. The Morgan fingerprint density at radius 2 is 1.92 bits per heavy atom. The maximum Gasteiger partial charge on any atom is 0.470 e. The fourth-order valence-electron chi connectivity index (χ4n) is 0.965. The molecular weight excluding hydrogens is 187 g/mol. The van der Waals surface area contributed by atoms with E-state index < -0.39 is 12.1 Å². The zero-order valence-corrected chi connectivity index (χ0v) is 6.51. The van der Waals surface area contributed by atoms with Crippen molar-refractivity contribution in [3.05, 3.63) is 5.89 Å². The van der Waals surface area contributed by atoms with Crippen LogP contribution in [0.2, 0.25) is 0 Å². The lowest BCUT2D eigenvalue weighted by Gasteiger charge is -2.28. The zero-order valence-electron chi connectivity index (χ0n) is 6.51. The van der Waals surface area contributed by atoms with Gasteiger partial charge in [-0.15, -0.1) is 5.10 Å². The SMILES string of the molecule is FC(F)(F)c1nnc(N2CCC2)o1. The van der Waals surface area contributed by atoms with Crippen molar-refractivity contribution < 1.29 is 17.6 Å². The van der Waals surface area contributed by atoms with Gasteiger partial charge in [0.15, 0.2) is 0 Å². The summed E-state index contributed by atoms with van der Waals surface area (Å²) in [5.74, 6) is -1.28. The van der Waals surface area contributed by atoms with E-state index in [4.69, 9.17) is 0 Å². The Balaban J connectivity index is 2.17. The van der Waals surface area contributed by atoms with E-state index in [1.54, 1.807) is 4.90 Å². The number of hydrogen-bond donors (Lipinski definition) is 0. The molecule has 1 aliphatic rings. The Bertz CT molecular complexity index is 304. The highest BCUT2D eigenvalue weighted by molar-refractivity contribution is 5.27. The summed E-state index contributed by atoms with van der Waals surface area (Å²) in [6.07, 6.45) is -3.60. The Kier molecular flexibility index (Phi) is 1.67. The molecule has 0 aliphatic carbocycles. The fraction of sp³-hybridized carbons (Fsp3) is 0.667. The van der Waals surface area contributed by atoms with Gasteiger partial charge in [-0.25, -0.2) is 0 Å².